The molecule has 0 aliphatic heterocycles. The third-order valence-corrected chi connectivity index (χ3v) is 3.93. The normalized spacial score (nSPS) is 12.6. The van der Waals surface area contributed by atoms with E-state index in [2.05, 4.69) is 28.2 Å². The van der Waals surface area contributed by atoms with Crippen LogP contribution in [-0.2, 0) is 6.42 Å². The zero-order valence-electron chi connectivity index (χ0n) is 11.0. The highest BCUT2D eigenvalue weighted by molar-refractivity contribution is 9.10. The van der Waals surface area contributed by atoms with Gasteiger partial charge in [0.2, 0.25) is 0 Å². The smallest absolute Gasteiger partial charge is 0.123 e. The molecule has 2 nitrogen and oxygen atoms in total. The summed E-state index contributed by atoms with van der Waals surface area (Å²) in [6, 6.07) is 6.87. The molecule has 1 aromatic heterocycles. The topological polar surface area (TPSA) is 25.2 Å². The lowest BCUT2D eigenvalue weighted by Gasteiger charge is -2.18. The molecule has 2 aromatic rings. The number of aryl methyl sites for hydroxylation is 1. The van der Waals surface area contributed by atoms with Crippen molar-refractivity contribution < 1.29 is 8.81 Å². The maximum atomic E-state index is 13.3. The van der Waals surface area contributed by atoms with Gasteiger partial charge in [-0.05, 0) is 49.7 Å². The summed E-state index contributed by atoms with van der Waals surface area (Å²) in [4.78, 5) is 0. The van der Waals surface area contributed by atoms with Gasteiger partial charge in [0.1, 0.15) is 11.6 Å². The van der Waals surface area contributed by atoms with Gasteiger partial charge in [-0.25, -0.2) is 4.39 Å². The number of hydrogen-bond acceptors (Lipinski definition) is 2. The number of likely N-dealkylation sites (N-methyl/N-ethyl adjacent to an activating group) is 1. The molecule has 19 heavy (non-hydrogen) atoms. The highest BCUT2D eigenvalue weighted by Crippen LogP contribution is 2.26. The largest absolute Gasteiger partial charge is 0.469 e. The van der Waals surface area contributed by atoms with E-state index in [9.17, 15) is 4.39 Å². The molecule has 0 aliphatic rings. The zero-order chi connectivity index (χ0) is 13.8. The van der Waals surface area contributed by atoms with Gasteiger partial charge in [0.15, 0.2) is 0 Å². The summed E-state index contributed by atoms with van der Waals surface area (Å²) in [6.45, 7) is 4.85. The van der Waals surface area contributed by atoms with Gasteiger partial charge in [0.25, 0.3) is 0 Å². The van der Waals surface area contributed by atoms with Crippen LogP contribution in [-0.4, -0.2) is 6.54 Å². The van der Waals surface area contributed by atoms with Crippen molar-refractivity contribution in [2.75, 3.05) is 6.54 Å². The van der Waals surface area contributed by atoms with Crippen LogP contribution >= 0.6 is 15.9 Å². The first-order valence-corrected chi connectivity index (χ1v) is 7.12. The number of rotatable bonds is 5. The SMILES string of the molecule is CCNC(Cc1cc(F)ccc1Br)c1ccoc1C. The van der Waals surface area contributed by atoms with Crippen molar-refractivity contribution in [3.8, 4) is 0 Å². The van der Waals surface area contributed by atoms with Crippen LogP contribution in [0.3, 0.4) is 0 Å². The molecule has 2 rings (SSSR count). The summed E-state index contributed by atoms with van der Waals surface area (Å²) in [6.07, 6.45) is 2.40. The van der Waals surface area contributed by atoms with Gasteiger partial charge in [-0.15, -0.1) is 0 Å². The second-order valence-electron chi connectivity index (χ2n) is 4.48. The van der Waals surface area contributed by atoms with Crippen molar-refractivity contribution >= 4 is 15.9 Å². The van der Waals surface area contributed by atoms with Gasteiger partial charge in [-0.2, -0.15) is 0 Å². The predicted molar refractivity (Wildman–Crippen MR) is 77.7 cm³/mol. The minimum Gasteiger partial charge on any atom is -0.469 e. The van der Waals surface area contributed by atoms with Gasteiger partial charge < -0.3 is 9.73 Å². The summed E-state index contributed by atoms with van der Waals surface area (Å²) < 4.78 is 19.6. The van der Waals surface area contributed by atoms with Crippen LogP contribution in [0.2, 0.25) is 0 Å². The van der Waals surface area contributed by atoms with E-state index in [-0.39, 0.29) is 11.9 Å². The molecular formula is C15H17BrFNO. The lowest BCUT2D eigenvalue weighted by molar-refractivity contribution is 0.500. The van der Waals surface area contributed by atoms with Gasteiger partial charge in [-0.1, -0.05) is 22.9 Å². The Kier molecular flexibility index (Phi) is 4.77. The van der Waals surface area contributed by atoms with E-state index in [1.807, 2.05) is 13.0 Å². The molecule has 0 radical (unpaired) electrons. The molecule has 0 aliphatic carbocycles. The molecular weight excluding hydrogens is 309 g/mol. The Hall–Kier alpha value is -1.13. The van der Waals surface area contributed by atoms with Crippen LogP contribution in [0.1, 0.15) is 29.9 Å². The van der Waals surface area contributed by atoms with E-state index >= 15 is 0 Å². The van der Waals surface area contributed by atoms with E-state index in [1.54, 1.807) is 18.4 Å². The third-order valence-electron chi connectivity index (χ3n) is 3.16. The highest BCUT2D eigenvalue weighted by Gasteiger charge is 2.17. The predicted octanol–water partition coefficient (Wildman–Crippen LogP) is 4.38. The lowest BCUT2D eigenvalue weighted by Crippen LogP contribution is -2.23. The molecule has 0 fully saturated rings. The minimum absolute atomic E-state index is 0.127. The molecule has 1 atom stereocenters. The number of halogens is 2. The molecule has 0 saturated heterocycles. The fourth-order valence-corrected chi connectivity index (χ4v) is 2.62. The first-order valence-electron chi connectivity index (χ1n) is 6.33. The molecule has 1 unspecified atom stereocenters. The summed E-state index contributed by atoms with van der Waals surface area (Å²) in [5.41, 5.74) is 2.07. The second-order valence-corrected chi connectivity index (χ2v) is 5.34. The average Bonchev–Trinajstić information content (AvgIpc) is 2.79. The number of nitrogens with one attached hydrogen (secondary N) is 1. The Labute approximate surface area is 121 Å². The number of hydrogen-bond donors (Lipinski definition) is 1. The van der Waals surface area contributed by atoms with Gasteiger partial charge >= 0.3 is 0 Å². The molecule has 1 heterocycles. The summed E-state index contributed by atoms with van der Waals surface area (Å²) in [5.74, 6) is 0.691. The molecule has 102 valence electrons. The van der Waals surface area contributed by atoms with Crippen molar-refractivity contribution in [3.05, 3.63) is 57.7 Å². The molecule has 1 N–H and O–H groups in total. The van der Waals surface area contributed by atoms with E-state index in [0.29, 0.717) is 6.42 Å². The molecule has 0 bridgehead atoms. The highest BCUT2D eigenvalue weighted by atomic mass is 79.9. The van der Waals surface area contributed by atoms with Crippen molar-refractivity contribution in [2.24, 2.45) is 0 Å². The molecule has 4 heteroatoms. The van der Waals surface area contributed by atoms with E-state index in [1.165, 1.54) is 6.07 Å². The summed E-state index contributed by atoms with van der Waals surface area (Å²) in [5, 5.41) is 3.42. The van der Waals surface area contributed by atoms with Crippen LogP contribution in [0.15, 0.2) is 39.4 Å². The maximum absolute atomic E-state index is 13.3. The molecule has 0 saturated carbocycles. The summed E-state index contributed by atoms with van der Waals surface area (Å²) in [7, 11) is 0. The Morgan fingerprint density at radius 3 is 2.79 bits per heavy atom. The maximum Gasteiger partial charge on any atom is 0.123 e. The quantitative estimate of drug-likeness (QED) is 0.882. The van der Waals surface area contributed by atoms with E-state index < -0.39 is 0 Å². The average molecular weight is 326 g/mol. The summed E-state index contributed by atoms with van der Waals surface area (Å²) >= 11 is 3.47. The Morgan fingerprint density at radius 1 is 1.37 bits per heavy atom. The molecule has 0 spiro atoms. The van der Waals surface area contributed by atoms with Gasteiger partial charge in [0, 0.05) is 16.1 Å². The molecule has 0 amide bonds. The Bertz CT molecular complexity index is 553. The second kappa shape index (κ2) is 6.35. The zero-order valence-corrected chi connectivity index (χ0v) is 12.6. The minimum atomic E-state index is -0.211. The van der Waals surface area contributed by atoms with Crippen molar-refractivity contribution in [3.63, 3.8) is 0 Å². The van der Waals surface area contributed by atoms with E-state index in [0.717, 1.165) is 27.9 Å². The fourth-order valence-electron chi connectivity index (χ4n) is 2.21. The van der Waals surface area contributed by atoms with E-state index in [4.69, 9.17) is 4.42 Å². The first-order chi connectivity index (χ1) is 9.11. The van der Waals surface area contributed by atoms with Crippen LogP contribution in [0.5, 0.6) is 0 Å². The van der Waals surface area contributed by atoms with Crippen LogP contribution < -0.4 is 5.32 Å². The third kappa shape index (κ3) is 3.45. The van der Waals surface area contributed by atoms with Gasteiger partial charge in [0.05, 0.1) is 6.26 Å². The van der Waals surface area contributed by atoms with Crippen molar-refractivity contribution in [1.82, 2.24) is 5.32 Å². The number of furan rings is 1. The monoisotopic (exact) mass is 325 g/mol. The first kappa shape index (κ1) is 14.3. The van der Waals surface area contributed by atoms with Gasteiger partial charge in [-0.3, -0.25) is 0 Å². The van der Waals surface area contributed by atoms with Crippen LogP contribution in [0.4, 0.5) is 4.39 Å². The Morgan fingerprint density at radius 2 is 2.16 bits per heavy atom. The van der Waals surface area contributed by atoms with Crippen LogP contribution in [0.25, 0.3) is 0 Å². The fraction of sp³-hybridized carbons (Fsp3) is 0.333. The Balaban J connectivity index is 2.26. The number of benzene rings is 1. The van der Waals surface area contributed by atoms with Crippen LogP contribution in [0, 0.1) is 12.7 Å². The molecule has 1 aromatic carbocycles. The van der Waals surface area contributed by atoms with Crippen molar-refractivity contribution in [2.45, 2.75) is 26.3 Å². The lowest BCUT2D eigenvalue weighted by atomic mass is 9.99. The van der Waals surface area contributed by atoms with Crippen molar-refractivity contribution in [1.29, 1.82) is 0 Å². The standard InChI is InChI=1S/C15H17BrFNO/c1-3-18-15(13-6-7-19-10(13)2)9-11-8-12(17)4-5-14(11)16/h4-8,15,18H,3,9H2,1-2H3.